The molecule has 1 amide bonds. The lowest BCUT2D eigenvalue weighted by Crippen LogP contribution is -2.21. The minimum absolute atomic E-state index is 0.0247. The molecular weight excluding hydrogens is 325 g/mol. The Morgan fingerprint density at radius 2 is 2.12 bits per heavy atom. The van der Waals surface area contributed by atoms with Gasteiger partial charge in [0.1, 0.15) is 16.9 Å². The summed E-state index contributed by atoms with van der Waals surface area (Å²) in [5.74, 6) is -0.596. The average molecular weight is 343 g/mol. The van der Waals surface area contributed by atoms with Crippen LogP contribution in [0, 0.1) is 17.1 Å². The van der Waals surface area contributed by atoms with E-state index in [-0.39, 0.29) is 18.3 Å². The van der Waals surface area contributed by atoms with Crippen LogP contribution in [0.15, 0.2) is 24.3 Å². The molecule has 6 heteroatoms. The number of hydrogen-bond donors (Lipinski definition) is 2. The van der Waals surface area contributed by atoms with Gasteiger partial charge in [-0.15, -0.1) is 11.3 Å². The zero-order chi connectivity index (χ0) is 16.9. The van der Waals surface area contributed by atoms with Crippen molar-refractivity contribution in [1.82, 2.24) is 0 Å². The number of nitriles is 1. The molecule has 0 saturated carbocycles. The number of hydrogen-bond acceptors (Lipinski definition) is 4. The fourth-order valence-corrected chi connectivity index (χ4v) is 4.16. The van der Waals surface area contributed by atoms with Crippen molar-refractivity contribution in [3.8, 4) is 6.07 Å². The van der Waals surface area contributed by atoms with Crippen LogP contribution < -0.4 is 10.6 Å². The third-order valence-corrected chi connectivity index (χ3v) is 5.27. The Bertz CT molecular complexity index is 794. The van der Waals surface area contributed by atoms with Gasteiger partial charge in [0, 0.05) is 10.6 Å². The summed E-state index contributed by atoms with van der Waals surface area (Å²) in [6.07, 6.45) is 5.30. The smallest absolute Gasteiger partial charge is 0.244 e. The number of nitrogens with zero attached hydrogens (tertiary/aromatic N) is 1. The molecule has 1 heterocycles. The number of carbonyl (C=O) groups excluding carboxylic acids is 1. The van der Waals surface area contributed by atoms with E-state index in [2.05, 4.69) is 16.7 Å². The van der Waals surface area contributed by atoms with E-state index in [1.165, 1.54) is 34.8 Å². The van der Waals surface area contributed by atoms with Crippen LogP contribution in [0.4, 0.5) is 15.1 Å². The number of carbonyl (C=O) groups is 1. The molecule has 124 valence electrons. The lowest BCUT2D eigenvalue weighted by molar-refractivity contribution is -0.114. The molecule has 1 aliphatic carbocycles. The molecule has 3 rings (SSSR count). The van der Waals surface area contributed by atoms with Gasteiger partial charge in [0.15, 0.2) is 0 Å². The molecule has 24 heavy (non-hydrogen) atoms. The Hall–Kier alpha value is -2.39. The highest BCUT2D eigenvalue weighted by molar-refractivity contribution is 7.16. The first kappa shape index (κ1) is 16.5. The number of fused-ring (bicyclic) bond motifs is 1. The number of thiophene rings is 1. The SMILES string of the molecule is N#Cc1c(NC(=O)CNc2cccc(F)c2)sc2c1CCCCC2. The summed E-state index contributed by atoms with van der Waals surface area (Å²) in [6.45, 7) is 0.0247. The third kappa shape index (κ3) is 3.74. The molecular formula is C18H18FN3OS. The minimum atomic E-state index is -0.353. The number of aryl methyl sites for hydroxylation is 1. The molecule has 2 N–H and O–H groups in total. The number of nitrogens with one attached hydrogen (secondary N) is 2. The first-order valence-electron chi connectivity index (χ1n) is 8.01. The van der Waals surface area contributed by atoms with Crippen LogP contribution in [0.2, 0.25) is 0 Å². The molecule has 4 nitrogen and oxygen atoms in total. The molecule has 1 aliphatic rings. The summed E-state index contributed by atoms with van der Waals surface area (Å²) in [5.41, 5.74) is 2.26. The van der Waals surface area contributed by atoms with E-state index < -0.39 is 0 Å². The normalized spacial score (nSPS) is 13.5. The summed E-state index contributed by atoms with van der Waals surface area (Å²) in [6, 6.07) is 8.21. The lowest BCUT2D eigenvalue weighted by atomic mass is 10.1. The fraction of sp³-hybridized carbons (Fsp3) is 0.333. The summed E-state index contributed by atoms with van der Waals surface area (Å²) in [4.78, 5) is 13.4. The first-order valence-corrected chi connectivity index (χ1v) is 8.83. The number of amides is 1. The maximum absolute atomic E-state index is 13.1. The van der Waals surface area contributed by atoms with Gasteiger partial charge < -0.3 is 10.6 Å². The highest BCUT2D eigenvalue weighted by Crippen LogP contribution is 2.36. The second-order valence-corrected chi connectivity index (χ2v) is 6.90. The van der Waals surface area contributed by atoms with Crippen molar-refractivity contribution in [2.24, 2.45) is 0 Å². The highest BCUT2D eigenvalue weighted by atomic mass is 32.1. The molecule has 0 spiro atoms. The molecule has 0 unspecified atom stereocenters. The standard InChI is InChI=1S/C18H18FN3OS/c19-12-5-4-6-13(9-12)21-11-17(23)22-18-15(10-20)14-7-2-1-3-8-16(14)24-18/h4-6,9,21H,1-3,7-8,11H2,(H,22,23). The fourth-order valence-electron chi connectivity index (χ4n) is 2.90. The van der Waals surface area contributed by atoms with Crippen molar-refractivity contribution in [1.29, 1.82) is 5.26 Å². The molecule has 0 fully saturated rings. The van der Waals surface area contributed by atoms with Gasteiger partial charge in [-0.2, -0.15) is 5.26 Å². The van der Waals surface area contributed by atoms with E-state index in [0.29, 0.717) is 16.3 Å². The lowest BCUT2D eigenvalue weighted by Gasteiger charge is -2.07. The van der Waals surface area contributed by atoms with Crippen LogP contribution in [0.1, 0.15) is 35.3 Å². The Labute approximate surface area is 144 Å². The number of rotatable bonds is 4. The first-order chi connectivity index (χ1) is 11.7. The van der Waals surface area contributed by atoms with Crippen LogP contribution in [-0.4, -0.2) is 12.5 Å². The Morgan fingerprint density at radius 3 is 2.92 bits per heavy atom. The zero-order valence-electron chi connectivity index (χ0n) is 13.2. The maximum atomic E-state index is 13.1. The van der Waals surface area contributed by atoms with Crippen LogP contribution in [0.25, 0.3) is 0 Å². The van der Waals surface area contributed by atoms with Crippen molar-refractivity contribution < 1.29 is 9.18 Å². The molecule has 1 aromatic heterocycles. The molecule has 0 radical (unpaired) electrons. The molecule has 0 aliphatic heterocycles. The number of halogens is 1. The van der Waals surface area contributed by atoms with Crippen LogP contribution in [0.5, 0.6) is 0 Å². The Balaban J connectivity index is 1.67. The molecule has 0 atom stereocenters. The van der Waals surface area contributed by atoms with Gasteiger partial charge in [0.2, 0.25) is 5.91 Å². The molecule has 2 aromatic rings. The van der Waals surface area contributed by atoms with Gasteiger partial charge in [-0.1, -0.05) is 12.5 Å². The van der Waals surface area contributed by atoms with Gasteiger partial charge >= 0.3 is 0 Å². The predicted octanol–water partition coefficient (Wildman–Crippen LogP) is 4.08. The van der Waals surface area contributed by atoms with Crippen LogP contribution >= 0.6 is 11.3 Å². The zero-order valence-corrected chi connectivity index (χ0v) is 14.0. The maximum Gasteiger partial charge on any atom is 0.244 e. The predicted molar refractivity (Wildman–Crippen MR) is 93.8 cm³/mol. The summed E-state index contributed by atoms with van der Waals surface area (Å²) >= 11 is 1.51. The average Bonchev–Trinajstić information content (AvgIpc) is 2.73. The van der Waals surface area contributed by atoms with E-state index in [1.807, 2.05) is 0 Å². The van der Waals surface area contributed by atoms with Crippen LogP contribution in [-0.2, 0) is 17.6 Å². The van der Waals surface area contributed by atoms with E-state index >= 15 is 0 Å². The van der Waals surface area contributed by atoms with Gasteiger partial charge in [0.25, 0.3) is 0 Å². The monoisotopic (exact) mass is 343 g/mol. The quantitative estimate of drug-likeness (QED) is 0.822. The van der Waals surface area contributed by atoms with Gasteiger partial charge in [-0.05, 0) is 49.4 Å². The van der Waals surface area contributed by atoms with E-state index in [0.717, 1.165) is 31.2 Å². The Morgan fingerprint density at radius 1 is 1.29 bits per heavy atom. The summed E-state index contributed by atoms with van der Waals surface area (Å²) in [7, 11) is 0. The second kappa shape index (κ2) is 7.45. The van der Waals surface area contributed by atoms with Gasteiger partial charge in [-0.25, -0.2) is 4.39 Å². The van der Waals surface area contributed by atoms with E-state index in [9.17, 15) is 14.4 Å². The van der Waals surface area contributed by atoms with Gasteiger partial charge in [-0.3, -0.25) is 4.79 Å². The minimum Gasteiger partial charge on any atom is -0.376 e. The number of benzene rings is 1. The van der Waals surface area contributed by atoms with E-state index in [4.69, 9.17) is 0 Å². The van der Waals surface area contributed by atoms with Crippen molar-refractivity contribution in [2.45, 2.75) is 32.1 Å². The number of anilines is 2. The second-order valence-electron chi connectivity index (χ2n) is 5.79. The van der Waals surface area contributed by atoms with Gasteiger partial charge in [0.05, 0.1) is 12.1 Å². The van der Waals surface area contributed by atoms with Crippen molar-refractivity contribution in [2.75, 3.05) is 17.2 Å². The Kier molecular flexibility index (Phi) is 5.11. The summed E-state index contributed by atoms with van der Waals surface area (Å²) < 4.78 is 13.1. The third-order valence-electron chi connectivity index (χ3n) is 4.06. The molecule has 0 saturated heterocycles. The molecule has 1 aromatic carbocycles. The largest absolute Gasteiger partial charge is 0.376 e. The van der Waals surface area contributed by atoms with Crippen molar-refractivity contribution >= 4 is 27.9 Å². The van der Waals surface area contributed by atoms with Crippen LogP contribution in [0.3, 0.4) is 0 Å². The molecule has 0 bridgehead atoms. The summed E-state index contributed by atoms with van der Waals surface area (Å²) in [5, 5.41) is 15.8. The topological polar surface area (TPSA) is 64.9 Å². The highest BCUT2D eigenvalue weighted by Gasteiger charge is 2.20. The van der Waals surface area contributed by atoms with Crippen molar-refractivity contribution in [3.63, 3.8) is 0 Å². The van der Waals surface area contributed by atoms with Crippen molar-refractivity contribution in [3.05, 3.63) is 46.1 Å². The van der Waals surface area contributed by atoms with E-state index in [1.54, 1.807) is 12.1 Å².